The molecule has 182 valence electrons. The van der Waals surface area contributed by atoms with Gasteiger partial charge in [-0.15, -0.1) is 0 Å². The number of benzene rings is 1. The molecule has 0 radical (unpaired) electrons. The fourth-order valence-corrected chi connectivity index (χ4v) is 4.87. The number of para-hydroxylation sites is 1. The van der Waals surface area contributed by atoms with Crippen molar-refractivity contribution in [2.75, 3.05) is 37.6 Å². The van der Waals surface area contributed by atoms with Crippen molar-refractivity contribution >= 4 is 17.5 Å². The number of carbonyl (C=O) groups is 2. The first-order chi connectivity index (χ1) is 16.4. The van der Waals surface area contributed by atoms with Gasteiger partial charge in [-0.05, 0) is 37.3 Å². The van der Waals surface area contributed by atoms with Gasteiger partial charge in [-0.3, -0.25) is 14.4 Å². The number of aromatic nitrogens is 1. The van der Waals surface area contributed by atoms with Gasteiger partial charge >= 0.3 is 0 Å². The third-order valence-corrected chi connectivity index (χ3v) is 6.96. The second-order valence-electron chi connectivity index (χ2n) is 9.85. The molecule has 34 heavy (non-hydrogen) atoms. The first-order valence-electron chi connectivity index (χ1n) is 12.6. The summed E-state index contributed by atoms with van der Waals surface area (Å²) in [5.41, 5.74) is 0.853. The second-order valence-corrected chi connectivity index (χ2v) is 9.85. The quantitative estimate of drug-likeness (QED) is 0.678. The summed E-state index contributed by atoms with van der Waals surface area (Å²) in [5.74, 6) is -0.208. The van der Waals surface area contributed by atoms with Crippen LogP contribution in [0, 0.1) is 5.92 Å². The van der Waals surface area contributed by atoms with Crippen LogP contribution in [0.3, 0.4) is 0 Å². The van der Waals surface area contributed by atoms with Gasteiger partial charge < -0.3 is 19.7 Å². The number of amides is 2. The van der Waals surface area contributed by atoms with E-state index < -0.39 is 5.43 Å². The van der Waals surface area contributed by atoms with Crippen LogP contribution in [0.1, 0.15) is 72.7 Å². The van der Waals surface area contributed by atoms with E-state index in [1.54, 1.807) is 17.3 Å². The molecule has 7 nitrogen and oxygen atoms in total. The first-order valence-corrected chi connectivity index (χ1v) is 12.6. The topological polar surface area (TPSA) is 74.7 Å². The van der Waals surface area contributed by atoms with Crippen LogP contribution < -0.4 is 15.6 Å². The van der Waals surface area contributed by atoms with Crippen molar-refractivity contribution in [1.29, 1.82) is 0 Å². The SMILES string of the molecule is CC(C)CCNC(=O)c1cn(C2CCCC2)cc(C(=O)N2CCN(c3ccccc3)CC2)c1=O. The number of piperazine rings is 1. The lowest BCUT2D eigenvalue weighted by atomic mass is 10.1. The number of rotatable bonds is 7. The van der Waals surface area contributed by atoms with Gasteiger partial charge in [-0.25, -0.2) is 0 Å². The molecule has 2 aromatic rings. The van der Waals surface area contributed by atoms with E-state index in [4.69, 9.17) is 0 Å². The minimum atomic E-state index is -0.466. The standard InChI is InChI=1S/C27H36N4O3/c1-20(2)12-13-28-26(33)23-18-31(22-10-6-7-11-22)19-24(25(23)32)27(34)30-16-14-29(15-17-30)21-8-4-3-5-9-21/h3-5,8-9,18-20,22H,6-7,10-17H2,1-2H3,(H,28,33). The molecule has 2 heterocycles. The Kier molecular flexibility index (Phi) is 7.70. The van der Waals surface area contributed by atoms with Crippen LogP contribution in [-0.4, -0.2) is 54.0 Å². The molecule has 0 atom stereocenters. The van der Waals surface area contributed by atoms with Crippen LogP contribution >= 0.6 is 0 Å². The van der Waals surface area contributed by atoms with E-state index in [1.807, 2.05) is 22.8 Å². The van der Waals surface area contributed by atoms with Crippen molar-refractivity contribution in [2.45, 2.75) is 52.0 Å². The number of anilines is 1. The van der Waals surface area contributed by atoms with Crippen LogP contribution in [0.25, 0.3) is 0 Å². The summed E-state index contributed by atoms with van der Waals surface area (Å²) in [5, 5.41) is 2.87. The number of pyridine rings is 1. The van der Waals surface area contributed by atoms with E-state index in [0.717, 1.165) is 37.8 Å². The lowest BCUT2D eigenvalue weighted by molar-refractivity contribution is 0.0744. The minimum absolute atomic E-state index is 0.0735. The highest BCUT2D eigenvalue weighted by atomic mass is 16.2. The van der Waals surface area contributed by atoms with Crippen molar-refractivity contribution < 1.29 is 9.59 Å². The molecule has 1 saturated carbocycles. The average molecular weight is 465 g/mol. The molecule has 1 aromatic carbocycles. The van der Waals surface area contributed by atoms with Gasteiger partial charge in [0.05, 0.1) is 0 Å². The maximum atomic E-state index is 13.5. The third kappa shape index (κ3) is 5.51. The molecule has 0 unspecified atom stereocenters. The lowest BCUT2D eigenvalue weighted by Crippen LogP contribution is -2.50. The molecule has 7 heteroatoms. The van der Waals surface area contributed by atoms with Gasteiger partial charge in [0.1, 0.15) is 11.1 Å². The largest absolute Gasteiger partial charge is 0.368 e. The Morgan fingerprint density at radius 1 is 0.971 bits per heavy atom. The zero-order valence-electron chi connectivity index (χ0n) is 20.3. The highest BCUT2D eigenvalue weighted by Crippen LogP contribution is 2.29. The van der Waals surface area contributed by atoms with Crippen molar-refractivity contribution in [2.24, 2.45) is 5.92 Å². The molecule has 1 saturated heterocycles. The minimum Gasteiger partial charge on any atom is -0.368 e. The Morgan fingerprint density at radius 3 is 2.26 bits per heavy atom. The second kappa shape index (κ2) is 10.9. The Hall–Kier alpha value is -3.09. The summed E-state index contributed by atoms with van der Waals surface area (Å²) in [6, 6.07) is 10.4. The van der Waals surface area contributed by atoms with Gasteiger partial charge in [0.2, 0.25) is 5.43 Å². The normalized spacial score (nSPS) is 16.8. The molecule has 0 bridgehead atoms. The lowest BCUT2D eigenvalue weighted by Gasteiger charge is -2.36. The van der Waals surface area contributed by atoms with E-state index in [2.05, 4.69) is 36.2 Å². The molecule has 2 aliphatic rings. The van der Waals surface area contributed by atoms with Gasteiger partial charge in [-0.2, -0.15) is 0 Å². The Balaban J connectivity index is 1.55. The van der Waals surface area contributed by atoms with Crippen LogP contribution in [-0.2, 0) is 0 Å². The van der Waals surface area contributed by atoms with E-state index in [9.17, 15) is 14.4 Å². The molecular weight excluding hydrogens is 428 g/mol. The highest BCUT2D eigenvalue weighted by Gasteiger charge is 2.28. The monoisotopic (exact) mass is 464 g/mol. The number of nitrogens with one attached hydrogen (secondary N) is 1. The van der Waals surface area contributed by atoms with E-state index in [1.165, 1.54) is 0 Å². The Bertz CT molecular complexity index is 1050. The fourth-order valence-electron chi connectivity index (χ4n) is 4.87. The third-order valence-electron chi connectivity index (χ3n) is 6.96. The summed E-state index contributed by atoms with van der Waals surface area (Å²) in [6.07, 6.45) is 8.44. The summed E-state index contributed by atoms with van der Waals surface area (Å²) < 4.78 is 1.94. The molecule has 1 aliphatic heterocycles. The van der Waals surface area contributed by atoms with Crippen molar-refractivity contribution in [3.8, 4) is 0 Å². The smallest absolute Gasteiger partial charge is 0.259 e. The number of nitrogens with zero attached hydrogens (tertiary/aromatic N) is 3. The van der Waals surface area contributed by atoms with Crippen molar-refractivity contribution in [1.82, 2.24) is 14.8 Å². The molecule has 4 rings (SSSR count). The summed E-state index contributed by atoms with van der Waals surface area (Å²) in [4.78, 5) is 43.7. The molecule has 2 fully saturated rings. The molecule has 1 aromatic heterocycles. The Morgan fingerprint density at radius 2 is 1.62 bits per heavy atom. The summed E-state index contributed by atoms with van der Waals surface area (Å²) >= 11 is 0. The van der Waals surface area contributed by atoms with Crippen molar-refractivity contribution in [3.05, 3.63) is 64.1 Å². The van der Waals surface area contributed by atoms with E-state index in [-0.39, 0.29) is 29.0 Å². The van der Waals surface area contributed by atoms with Gasteiger partial charge in [0.15, 0.2) is 0 Å². The van der Waals surface area contributed by atoms with Gasteiger partial charge in [0, 0.05) is 56.8 Å². The zero-order valence-corrected chi connectivity index (χ0v) is 20.3. The van der Waals surface area contributed by atoms with Crippen LogP contribution in [0.2, 0.25) is 0 Å². The van der Waals surface area contributed by atoms with E-state index >= 15 is 0 Å². The number of carbonyl (C=O) groups excluding carboxylic acids is 2. The molecule has 2 amide bonds. The highest BCUT2D eigenvalue weighted by molar-refractivity contribution is 5.99. The maximum absolute atomic E-state index is 13.5. The van der Waals surface area contributed by atoms with Crippen molar-refractivity contribution in [3.63, 3.8) is 0 Å². The van der Waals surface area contributed by atoms with Crippen LogP contribution in [0.4, 0.5) is 5.69 Å². The zero-order chi connectivity index (χ0) is 24.1. The molecule has 1 N–H and O–H groups in total. The first kappa shape index (κ1) is 24.0. The van der Waals surface area contributed by atoms with Gasteiger partial charge in [0.25, 0.3) is 11.8 Å². The Labute approximate surface area is 201 Å². The van der Waals surface area contributed by atoms with Crippen LogP contribution in [0.15, 0.2) is 47.5 Å². The number of hydrogen-bond acceptors (Lipinski definition) is 4. The molecule has 0 spiro atoms. The molecular formula is C27H36N4O3. The predicted octanol–water partition coefficient (Wildman–Crippen LogP) is 3.70. The summed E-state index contributed by atoms with van der Waals surface area (Å²) in [6.45, 7) is 7.21. The predicted molar refractivity (Wildman–Crippen MR) is 135 cm³/mol. The summed E-state index contributed by atoms with van der Waals surface area (Å²) in [7, 11) is 0. The van der Waals surface area contributed by atoms with Gasteiger partial charge in [-0.1, -0.05) is 44.9 Å². The fraction of sp³-hybridized carbons (Fsp3) is 0.519. The maximum Gasteiger partial charge on any atom is 0.259 e. The molecule has 1 aliphatic carbocycles. The number of hydrogen-bond donors (Lipinski definition) is 1. The van der Waals surface area contributed by atoms with Crippen LogP contribution in [0.5, 0.6) is 0 Å². The van der Waals surface area contributed by atoms with E-state index in [0.29, 0.717) is 38.6 Å². The average Bonchev–Trinajstić information content (AvgIpc) is 3.39.